The van der Waals surface area contributed by atoms with Crippen molar-refractivity contribution in [3.63, 3.8) is 0 Å². The zero-order chi connectivity index (χ0) is 26.2. The van der Waals surface area contributed by atoms with Crippen molar-refractivity contribution in [3.05, 3.63) is 36.2 Å². The maximum absolute atomic E-state index is 12.9. The molecule has 0 unspecified atom stereocenters. The van der Waals surface area contributed by atoms with E-state index in [0.29, 0.717) is 5.92 Å². The highest BCUT2D eigenvalue weighted by atomic mass is 16.2. The Labute approximate surface area is 218 Å². The van der Waals surface area contributed by atoms with Crippen molar-refractivity contribution in [2.45, 2.75) is 70.4 Å². The van der Waals surface area contributed by atoms with E-state index in [1.807, 2.05) is 17.0 Å². The number of amides is 2. The Hall–Kier alpha value is -3.30. The van der Waals surface area contributed by atoms with E-state index in [-0.39, 0.29) is 41.1 Å². The lowest BCUT2D eigenvalue weighted by Crippen LogP contribution is -2.55. The molecule has 2 aromatic rings. The topological polar surface area (TPSA) is 125 Å². The lowest BCUT2D eigenvalue weighted by atomic mass is 9.78. The van der Waals surface area contributed by atoms with Crippen molar-refractivity contribution in [2.75, 3.05) is 30.8 Å². The normalized spacial score (nSPS) is 25.4. The van der Waals surface area contributed by atoms with Gasteiger partial charge in [-0.1, -0.05) is 20.8 Å². The Morgan fingerprint density at radius 2 is 1.49 bits per heavy atom. The molecular formula is C27H38N8O2. The number of aromatic nitrogens is 4. The highest BCUT2D eigenvalue weighted by Gasteiger charge is 2.41. The van der Waals surface area contributed by atoms with Gasteiger partial charge in [-0.3, -0.25) is 9.59 Å². The standard InChI is InChI=1S/C27H38N8O2/c1-27(2,3)22-11-24(32-15-30-22)34-21-8-18(9-21)26(37)35-12-16(13-35)5-19-10-23(31-14-29-19)33-20-6-17(7-20)25(36)28-4/h10-11,14-18,20-21H,5-9,12-13H2,1-4H3,(H,28,36)(H,29,31,33)(H,30,32,34)/t17-,18-,20-,21-. The highest BCUT2D eigenvalue weighted by molar-refractivity contribution is 5.81. The molecule has 0 atom stereocenters. The van der Waals surface area contributed by atoms with Crippen LogP contribution in [0.15, 0.2) is 24.8 Å². The van der Waals surface area contributed by atoms with E-state index in [9.17, 15) is 9.59 Å². The van der Waals surface area contributed by atoms with Crippen LogP contribution in [0, 0.1) is 17.8 Å². The summed E-state index contributed by atoms with van der Waals surface area (Å²) in [5, 5.41) is 9.60. The van der Waals surface area contributed by atoms with Crippen LogP contribution in [0.1, 0.15) is 57.8 Å². The van der Waals surface area contributed by atoms with Gasteiger partial charge in [0, 0.05) is 67.3 Å². The first kappa shape index (κ1) is 25.4. The number of nitrogens with one attached hydrogen (secondary N) is 3. The molecule has 3 heterocycles. The number of rotatable bonds is 8. The molecule has 0 aromatic carbocycles. The van der Waals surface area contributed by atoms with Crippen molar-refractivity contribution in [1.29, 1.82) is 0 Å². The fraction of sp³-hybridized carbons (Fsp3) is 0.630. The van der Waals surface area contributed by atoms with Crippen LogP contribution < -0.4 is 16.0 Å². The molecule has 3 N–H and O–H groups in total. The monoisotopic (exact) mass is 506 g/mol. The highest BCUT2D eigenvalue weighted by Crippen LogP contribution is 2.34. The van der Waals surface area contributed by atoms with E-state index in [2.05, 4.69) is 56.7 Å². The third-order valence-electron chi connectivity index (χ3n) is 7.87. The predicted molar refractivity (Wildman–Crippen MR) is 141 cm³/mol. The zero-order valence-electron chi connectivity index (χ0n) is 22.2. The van der Waals surface area contributed by atoms with Crippen molar-refractivity contribution in [1.82, 2.24) is 30.2 Å². The van der Waals surface area contributed by atoms with Crippen LogP contribution in [0.25, 0.3) is 0 Å². The van der Waals surface area contributed by atoms with Crippen molar-refractivity contribution in [3.8, 4) is 0 Å². The first-order chi connectivity index (χ1) is 17.7. The number of hydrogen-bond donors (Lipinski definition) is 3. The number of nitrogens with zero attached hydrogens (tertiary/aromatic N) is 5. The van der Waals surface area contributed by atoms with Gasteiger partial charge in [0.25, 0.3) is 0 Å². The summed E-state index contributed by atoms with van der Waals surface area (Å²) >= 11 is 0. The summed E-state index contributed by atoms with van der Waals surface area (Å²) in [6.45, 7) is 7.99. The molecule has 1 saturated heterocycles. The molecule has 0 bridgehead atoms. The molecule has 10 nitrogen and oxygen atoms in total. The minimum atomic E-state index is -0.0244. The molecule has 1 aliphatic heterocycles. The van der Waals surface area contributed by atoms with Crippen molar-refractivity contribution < 1.29 is 9.59 Å². The molecule has 2 saturated carbocycles. The van der Waals surface area contributed by atoms with Crippen LogP contribution in [0.5, 0.6) is 0 Å². The average Bonchev–Trinajstić information content (AvgIpc) is 2.79. The van der Waals surface area contributed by atoms with E-state index in [1.165, 1.54) is 0 Å². The Morgan fingerprint density at radius 1 is 0.892 bits per heavy atom. The summed E-state index contributed by atoms with van der Waals surface area (Å²) < 4.78 is 0. The van der Waals surface area contributed by atoms with E-state index in [1.54, 1.807) is 19.7 Å². The fourth-order valence-corrected chi connectivity index (χ4v) is 5.38. The van der Waals surface area contributed by atoms with E-state index in [0.717, 1.165) is 68.2 Å². The van der Waals surface area contributed by atoms with Crippen LogP contribution in [0.2, 0.25) is 0 Å². The molecule has 2 aliphatic carbocycles. The lowest BCUT2D eigenvalue weighted by molar-refractivity contribution is -0.145. The second-order valence-electron chi connectivity index (χ2n) is 11.9. The molecule has 198 valence electrons. The van der Waals surface area contributed by atoms with Crippen LogP contribution in [0.3, 0.4) is 0 Å². The molecule has 10 heteroatoms. The third kappa shape index (κ3) is 5.83. The molecule has 3 fully saturated rings. The molecule has 0 radical (unpaired) electrons. The van der Waals surface area contributed by atoms with Gasteiger partial charge in [0.2, 0.25) is 11.8 Å². The Kier molecular flexibility index (Phi) is 7.00. The molecule has 5 rings (SSSR count). The average molecular weight is 507 g/mol. The van der Waals surface area contributed by atoms with Crippen LogP contribution in [0.4, 0.5) is 11.6 Å². The molecule has 2 amide bonds. The van der Waals surface area contributed by atoms with E-state index in [4.69, 9.17) is 0 Å². The van der Waals surface area contributed by atoms with Gasteiger partial charge in [-0.05, 0) is 38.0 Å². The predicted octanol–water partition coefficient (Wildman–Crippen LogP) is 2.39. The first-order valence-corrected chi connectivity index (χ1v) is 13.3. The van der Waals surface area contributed by atoms with Crippen LogP contribution >= 0.6 is 0 Å². The van der Waals surface area contributed by atoms with Gasteiger partial charge in [0.15, 0.2) is 0 Å². The van der Waals surface area contributed by atoms with E-state index >= 15 is 0 Å². The third-order valence-corrected chi connectivity index (χ3v) is 7.87. The van der Waals surface area contributed by atoms with E-state index < -0.39 is 0 Å². The number of hydrogen-bond acceptors (Lipinski definition) is 8. The maximum Gasteiger partial charge on any atom is 0.225 e. The second kappa shape index (κ2) is 10.2. The SMILES string of the molecule is CNC(=O)[C@H]1C[C@H](Nc2cc(CC3CN(C(=O)[C@H]4C[C@H](Nc5cc(C(C)(C)C)ncn5)C4)C3)ncn2)C1. The summed E-state index contributed by atoms with van der Waals surface area (Å²) in [6.07, 6.45) is 7.39. The van der Waals surface area contributed by atoms with Gasteiger partial charge >= 0.3 is 0 Å². The van der Waals surface area contributed by atoms with Crippen molar-refractivity contribution in [2.24, 2.45) is 17.8 Å². The lowest BCUT2D eigenvalue weighted by Gasteiger charge is -2.44. The Bertz CT molecular complexity index is 1130. The number of carbonyl (C=O) groups excluding carboxylic acids is 2. The summed E-state index contributed by atoms with van der Waals surface area (Å²) in [5.41, 5.74) is 1.97. The van der Waals surface area contributed by atoms with Gasteiger partial charge in [-0.15, -0.1) is 0 Å². The fourth-order valence-electron chi connectivity index (χ4n) is 5.38. The Balaban J connectivity index is 1.02. The minimum absolute atomic E-state index is 0.0244. The van der Waals surface area contributed by atoms with Gasteiger partial charge in [-0.2, -0.15) is 0 Å². The quantitative estimate of drug-likeness (QED) is 0.498. The largest absolute Gasteiger partial charge is 0.367 e. The number of anilines is 2. The summed E-state index contributed by atoms with van der Waals surface area (Å²) in [4.78, 5) is 44.1. The molecule has 37 heavy (non-hydrogen) atoms. The van der Waals surface area contributed by atoms with Crippen LogP contribution in [-0.4, -0.2) is 68.9 Å². The van der Waals surface area contributed by atoms with Crippen molar-refractivity contribution >= 4 is 23.5 Å². The molecule has 2 aromatic heterocycles. The van der Waals surface area contributed by atoms with Crippen LogP contribution in [-0.2, 0) is 21.4 Å². The summed E-state index contributed by atoms with van der Waals surface area (Å²) in [5.74, 6) is 2.65. The Morgan fingerprint density at radius 3 is 2.11 bits per heavy atom. The van der Waals surface area contributed by atoms with Gasteiger partial charge in [-0.25, -0.2) is 19.9 Å². The van der Waals surface area contributed by atoms with Gasteiger partial charge in [0.1, 0.15) is 24.3 Å². The number of likely N-dealkylation sites (tertiary alicyclic amines) is 1. The summed E-state index contributed by atoms with van der Waals surface area (Å²) in [6, 6.07) is 4.57. The zero-order valence-corrected chi connectivity index (χ0v) is 22.2. The number of carbonyl (C=O) groups is 2. The minimum Gasteiger partial charge on any atom is -0.367 e. The van der Waals surface area contributed by atoms with Gasteiger partial charge in [0.05, 0.1) is 5.69 Å². The molecular weight excluding hydrogens is 468 g/mol. The maximum atomic E-state index is 12.9. The van der Waals surface area contributed by atoms with Gasteiger partial charge < -0.3 is 20.9 Å². The second-order valence-corrected chi connectivity index (χ2v) is 11.9. The first-order valence-electron chi connectivity index (χ1n) is 13.3. The molecule has 3 aliphatic rings. The smallest absolute Gasteiger partial charge is 0.225 e. The molecule has 0 spiro atoms. The summed E-state index contributed by atoms with van der Waals surface area (Å²) in [7, 11) is 1.68.